The van der Waals surface area contributed by atoms with Gasteiger partial charge in [-0.05, 0) is 48.3 Å². The summed E-state index contributed by atoms with van der Waals surface area (Å²) in [6.45, 7) is 10.1. The summed E-state index contributed by atoms with van der Waals surface area (Å²) in [5, 5.41) is 0. The van der Waals surface area contributed by atoms with Crippen molar-refractivity contribution in [2.24, 2.45) is 0 Å². The fraction of sp³-hybridized carbons (Fsp3) is 0.429. The van der Waals surface area contributed by atoms with Gasteiger partial charge in [-0.3, -0.25) is 0 Å². The third kappa shape index (κ3) is 5.05. The van der Waals surface area contributed by atoms with Gasteiger partial charge in [0, 0.05) is 4.08 Å². The molecule has 0 spiro atoms. The van der Waals surface area contributed by atoms with Crippen molar-refractivity contribution in [3.8, 4) is 0 Å². The first kappa shape index (κ1) is 10.2. The average Bonchev–Trinajstić information content (AvgIpc) is 1.81. The standard InChI is InChI=1S/C7H13IOSi/c1-5-7(6-8)9-10(2,3)4/h5-6H,1H2,2-4H3. The van der Waals surface area contributed by atoms with E-state index in [0.29, 0.717) is 0 Å². The summed E-state index contributed by atoms with van der Waals surface area (Å²) < 4.78 is 7.52. The lowest BCUT2D eigenvalue weighted by molar-refractivity contribution is 0.444. The molecule has 0 saturated carbocycles. The van der Waals surface area contributed by atoms with E-state index in [-0.39, 0.29) is 0 Å². The van der Waals surface area contributed by atoms with Gasteiger partial charge in [0.25, 0.3) is 0 Å². The molecule has 0 fully saturated rings. The number of hydrogen-bond donors (Lipinski definition) is 0. The SMILES string of the molecule is C=CC(=CI)O[Si](C)(C)C. The van der Waals surface area contributed by atoms with E-state index in [1.807, 2.05) is 4.08 Å². The molecule has 0 rings (SSSR count). The normalized spacial score (nSPS) is 13.0. The van der Waals surface area contributed by atoms with Gasteiger partial charge in [-0.15, -0.1) is 0 Å². The maximum atomic E-state index is 5.61. The number of halogens is 1. The smallest absolute Gasteiger partial charge is 0.242 e. The zero-order valence-electron chi connectivity index (χ0n) is 6.65. The lowest BCUT2D eigenvalue weighted by atomic mass is 10.6. The minimum atomic E-state index is -1.41. The molecule has 0 radical (unpaired) electrons. The topological polar surface area (TPSA) is 9.23 Å². The molecule has 0 aromatic carbocycles. The molecular formula is C7H13IOSi. The van der Waals surface area contributed by atoms with Crippen LogP contribution in [0.3, 0.4) is 0 Å². The van der Waals surface area contributed by atoms with Crippen LogP contribution in [0.25, 0.3) is 0 Å². The van der Waals surface area contributed by atoms with E-state index in [2.05, 4.69) is 48.8 Å². The molecule has 0 aliphatic heterocycles. The van der Waals surface area contributed by atoms with Crippen molar-refractivity contribution < 1.29 is 4.43 Å². The molecule has 0 aromatic heterocycles. The van der Waals surface area contributed by atoms with E-state index in [9.17, 15) is 0 Å². The Balaban J connectivity index is 4.01. The Labute approximate surface area is 77.4 Å². The summed E-state index contributed by atoms with van der Waals surface area (Å²) in [4.78, 5) is 0. The summed E-state index contributed by atoms with van der Waals surface area (Å²) >= 11 is 2.15. The monoisotopic (exact) mass is 268 g/mol. The maximum absolute atomic E-state index is 5.61. The minimum Gasteiger partial charge on any atom is -0.544 e. The molecule has 0 saturated heterocycles. The van der Waals surface area contributed by atoms with E-state index in [1.165, 1.54) is 0 Å². The minimum absolute atomic E-state index is 0.889. The molecule has 0 aliphatic carbocycles. The lowest BCUT2D eigenvalue weighted by Gasteiger charge is -2.18. The van der Waals surface area contributed by atoms with Gasteiger partial charge in [-0.2, -0.15) is 0 Å². The highest BCUT2D eigenvalue weighted by Crippen LogP contribution is 2.12. The molecule has 0 aromatic rings. The molecule has 3 heteroatoms. The molecule has 10 heavy (non-hydrogen) atoms. The van der Waals surface area contributed by atoms with Crippen molar-refractivity contribution >= 4 is 30.9 Å². The van der Waals surface area contributed by atoms with Crippen LogP contribution in [0.15, 0.2) is 22.5 Å². The third-order valence-corrected chi connectivity index (χ3v) is 2.19. The molecular weight excluding hydrogens is 255 g/mol. The molecule has 0 atom stereocenters. The second-order valence-corrected chi connectivity index (χ2v) is 7.98. The van der Waals surface area contributed by atoms with E-state index in [0.717, 1.165) is 5.76 Å². The molecule has 0 N–H and O–H groups in total. The second-order valence-electron chi connectivity index (χ2n) is 2.93. The predicted molar refractivity (Wildman–Crippen MR) is 56.7 cm³/mol. The molecule has 0 bridgehead atoms. The quantitative estimate of drug-likeness (QED) is 0.330. The van der Waals surface area contributed by atoms with Crippen LogP contribution in [0.2, 0.25) is 19.6 Å². The second kappa shape index (κ2) is 4.18. The zero-order valence-corrected chi connectivity index (χ0v) is 9.81. The van der Waals surface area contributed by atoms with Gasteiger partial charge in [0.1, 0.15) is 5.76 Å². The highest BCUT2D eigenvalue weighted by molar-refractivity contribution is 14.1. The Hall–Kier alpha value is 0.227. The molecule has 0 amide bonds. The van der Waals surface area contributed by atoms with Gasteiger partial charge < -0.3 is 4.43 Å². The first-order chi connectivity index (χ1) is 4.49. The van der Waals surface area contributed by atoms with Crippen LogP contribution in [-0.2, 0) is 4.43 Å². The summed E-state index contributed by atoms with van der Waals surface area (Å²) in [6.07, 6.45) is 1.74. The molecule has 58 valence electrons. The van der Waals surface area contributed by atoms with Crippen molar-refractivity contribution in [3.63, 3.8) is 0 Å². The van der Waals surface area contributed by atoms with Crippen molar-refractivity contribution in [3.05, 3.63) is 22.5 Å². The fourth-order valence-corrected chi connectivity index (χ4v) is 1.93. The zero-order chi connectivity index (χ0) is 8.20. The van der Waals surface area contributed by atoms with Crippen LogP contribution < -0.4 is 0 Å². The summed E-state index contributed by atoms with van der Waals surface area (Å²) in [7, 11) is -1.41. The van der Waals surface area contributed by atoms with Crippen molar-refractivity contribution in [2.45, 2.75) is 19.6 Å². The van der Waals surface area contributed by atoms with Crippen molar-refractivity contribution in [2.75, 3.05) is 0 Å². The van der Waals surface area contributed by atoms with Gasteiger partial charge in [0.2, 0.25) is 8.32 Å². The van der Waals surface area contributed by atoms with Gasteiger partial charge in [0.05, 0.1) is 0 Å². The van der Waals surface area contributed by atoms with Crippen molar-refractivity contribution in [1.82, 2.24) is 0 Å². The highest BCUT2D eigenvalue weighted by Gasteiger charge is 2.15. The van der Waals surface area contributed by atoms with Crippen molar-refractivity contribution in [1.29, 1.82) is 0 Å². The van der Waals surface area contributed by atoms with Crippen LogP contribution in [0.5, 0.6) is 0 Å². The predicted octanol–water partition coefficient (Wildman–Crippen LogP) is 3.30. The first-order valence-electron chi connectivity index (χ1n) is 3.11. The third-order valence-electron chi connectivity index (χ3n) is 0.733. The number of hydrogen-bond acceptors (Lipinski definition) is 1. The van der Waals surface area contributed by atoms with Gasteiger partial charge in [-0.25, -0.2) is 0 Å². The lowest BCUT2D eigenvalue weighted by Crippen LogP contribution is -2.24. The molecule has 0 aliphatic rings. The number of allylic oxidation sites excluding steroid dienone is 1. The van der Waals surface area contributed by atoms with E-state index in [4.69, 9.17) is 4.43 Å². The fourth-order valence-electron chi connectivity index (χ4n) is 0.462. The van der Waals surface area contributed by atoms with E-state index < -0.39 is 8.32 Å². The summed E-state index contributed by atoms with van der Waals surface area (Å²) in [5.41, 5.74) is 0. The Bertz CT molecular complexity index is 146. The Morgan fingerprint density at radius 2 is 2.00 bits per heavy atom. The Morgan fingerprint density at radius 3 is 2.10 bits per heavy atom. The van der Waals surface area contributed by atoms with E-state index in [1.54, 1.807) is 6.08 Å². The Morgan fingerprint density at radius 1 is 1.50 bits per heavy atom. The molecule has 0 heterocycles. The van der Waals surface area contributed by atoms with Crippen LogP contribution in [0.4, 0.5) is 0 Å². The largest absolute Gasteiger partial charge is 0.544 e. The molecule has 0 unspecified atom stereocenters. The van der Waals surface area contributed by atoms with Crippen LogP contribution in [-0.4, -0.2) is 8.32 Å². The maximum Gasteiger partial charge on any atom is 0.242 e. The average molecular weight is 268 g/mol. The van der Waals surface area contributed by atoms with Gasteiger partial charge in [0.15, 0.2) is 0 Å². The summed E-state index contributed by atoms with van der Waals surface area (Å²) in [6, 6.07) is 0. The van der Waals surface area contributed by atoms with Crippen LogP contribution >= 0.6 is 22.6 Å². The molecule has 1 nitrogen and oxygen atoms in total. The Kier molecular flexibility index (Phi) is 4.27. The van der Waals surface area contributed by atoms with E-state index >= 15 is 0 Å². The van der Waals surface area contributed by atoms with Gasteiger partial charge in [-0.1, -0.05) is 6.58 Å². The highest BCUT2D eigenvalue weighted by atomic mass is 127. The van der Waals surface area contributed by atoms with Crippen LogP contribution in [0.1, 0.15) is 0 Å². The number of rotatable bonds is 3. The van der Waals surface area contributed by atoms with Gasteiger partial charge >= 0.3 is 0 Å². The summed E-state index contributed by atoms with van der Waals surface area (Å²) in [5.74, 6) is 0.889. The first-order valence-corrected chi connectivity index (χ1v) is 7.77. The van der Waals surface area contributed by atoms with Crippen LogP contribution in [0, 0.1) is 0 Å².